The topological polar surface area (TPSA) is 37.0 Å². The Morgan fingerprint density at radius 3 is 1.90 bits per heavy atom. The Bertz CT molecular complexity index is 455. The first-order chi connectivity index (χ1) is 9.62. The van der Waals surface area contributed by atoms with Gasteiger partial charge in [-0.3, -0.25) is 0 Å². The van der Waals surface area contributed by atoms with Gasteiger partial charge in [0.25, 0.3) is 0 Å². The van der Waals surface area contributed by atoms with Crippen molar-refractivity contribution in [2.45, 2.75) is 32.1 Å². The molecule has 0 unspecified atom stereocenters. The van der Waals surface area contributed by atoms with Crippen molar-refractivity contribution in [3.05, 3.63) is 17.7 Å². The van der Waals surface area contributed by atoms with Crippen LogP contribution in [0.1, 0.15) is 25.3 Å². The van der Waals surface area contributed by atoms with Gasteiger partial charge < -0.3 is 10.6 Å². The average molecular weight is 315 g/mol. The summed E-state index contributed by atoms with van der Waals surface area (Å²) < 4.78 is 74.2. The number of pyridine rings is 1. The number of hydrogen-bond acceptors (Lipinski definition) is 3. The molecular weight excluding hydrogens is 300 g/mol. The highest BCUT2D eigenvalue weighted by atomic mass is 19.4. The predicted molar refractivity (Wildman–Crippen MR) is 67.2 cm³/mol. The van der Waals surface area contributed by atoms with Gasteiger partial charge in [0.1, 0.15) is 11.6 Å². The number of aromatic nitrogens is 1. The molecule has 0 radical (unpaired) electrons. The highest BCUT2D eigenvalue weighted by Gasteiger charge is 2.32. The van der Waals surface area contributed by atoms with E-state index in [0.717, 1.165) is 6.07 Å². The maximum absolute atomic E-state index is 12.7. The molecule has 0 saturated heterocycles. The summed E-state index contributed by atoms with van der Waals surface area (Å²) in [6.07, 6.45) is -9.44. The molecule has 1 aromatic rings. The number of anilines is 2. The lowest BCUT2D eigenvalue weighted by molar-refractivity contribution is -0.137. The molecule has 0 bridgehead atoms. The van der Waals surface area contributed by atoms with Gasteiger partial charge in [0.05, 0.1) is 12.0 Å². The van der Waals surface area contributed by atoms with Gasteiger partial charge in [-0.2, -0.15) is 26.3 Å². The molecular formula is C12H15F6N3. The molecule has 0 spiro atoms. The minimum absolute atomic E-state index is 0.0267. The van der Waals surface area contributed by atoms with E-state index in [2.05, 4.69) is 15.6 Å². The fourth-order valence-electron chi connectivity index (χ4n) is 1.46. The summed E-state index contributed by atoms with van der Waals surface area (Å²) in [5.74, 6) is -0.270. The van der Waals surface area contributed by atoms with Crippen molar-refractivity contribution < 1.29 is 26.3 Å². The lowest BCUT2D eigenvalue weighted by atomic mass is 10.2. The van der Waals surface area contributed by atoms with Gasteiger partial charge in [0.2, 0.25) is 0 Å². The number of nitrogens with one attached hydrogen (secondary N) is 2. The largest absolute Gasteiger partial charge is 0.416 e. The SMILES string of the molecule is CCCNc1cc(C(F)(F)F)cc(NCCC(F)(F)F)n1. The fourth-order valence-corrected chi connectivity index (χ4v) is 1.46. The van der Waals surface area contributed by atoms with Crippen molar-refractivity contribution in [1.29, 1.82) is 0 Å². The van der Waals surface area contributed by atoms with Gasteiger partial charge in [-0.1, -0.05) is 6.92 Å². The Hall–Kier alpha value is -1.67. The molecule has 1 aromatic heterocycles. The van der Waals surface area contributed by atoms with E-state index in [4.69, 9.17) is 0 Å². The molecule has 0 aliphatic rings. The lowest BCUT2D eigenvalue weighted by Crippen LogP contribution is -2.16. The van der Waals surface area contributed by atoms with Crippen LogP contribution in [0.5, 0.6) is 0 Å². The molecule has 120 valence electrons. The molecule has 21 heavy (non-hydrogen) atoms. The number of alkyl halides is 6. The van der Waals surface area contributed by atoms with E-state index >= 15 is 0 Å². The number of nitrogens with zero attached hydrogens (tertiary/aromatic N) is 1. The maximum atomic E-state index is 12.7. The number of rotatable bonds is 6. The summed E-state index contributed by atoms with van der Waals surface area (Å²) in [7, 11) is 0. The van der Waals surface area contributed by atoms with Crippen molar-refractivity contribution in [2.24, 2.45) is 0 Å². The second-order valence-corrected chi connectivity index (χ2v) is 4.34. The summed E-state index contributed by atoms with van der Waals surface area (Å²) >= 11 is 0. The van der Waals surface area contributed by atoms with Crippen LogP contribution in [-0.4, -0.2) is 24.2 Å². The summed E-state index contributed by atoms with van der Waals surface area (Å²) in [4.78, 5) is 3.81. The summed E-state index contributed by atoms with van der Waals surface area (Å²) in [6, 6.07) is 1.51. The first-order valence-electron chi connectivity index (χ1n) is 6.25. The zero-order valence-electron chi connectivity index (χ0n) is 11.2. The van der Waals surface area contributed by atoms with Crippen molar-refractivity contribution in [2.75, 3.05) is 23.7 Å². The van der Waals surface area contributed by atoms with Crippen molar-refractivity contribution in [1.82, 2.24) is 4.98 Å². The second kappa shape index (κ2) is 6.86. The molecule has 0 amide bonds. The standard InChI is InChI=1S/C12H15F6N3/c1-2-4-19-9-6-8(12(16,17)18)7-10(21-9)20-5-3-11(13,14)15/h6-7H,2-5H2,1H3,(H2,19,20,21). The third-order valence-electron chi connectivity index (χ3n) is 2.42. The lowest BCUT2D eigenvalue weighted by Gasteiger charge is -2.14. The van der Waals surface area contributed by atoms with Crippen LogP contribution < -0.4 is 10.6 Å². The zero-order chi connectivity index (χ0) is 16.1. The van der Waals surface area contributed by atoms with E-state index in [9.17, 15) is 26.3 Å². The van der Waals surface area contributed by atoms with E-state index in [0.29, 0.717) is 19.0 Å². The molecule has 3 nitrogen and oxygen atoms in total. The van der Waals surface area contributed by atoms with Crippen LogP contribution >= 0.6 is 0 Å². The van der Waals surface area contributed by atoms with Gasteiger partial charge in [-0.15, -0.1) is 0 Å². The molecule has 2 N–H and O–H groups in total. The normalized spacial score (nSPS) is 12.3. The van der Waals surface area contributed by atoms with Crippen LogP contribution in [0.3, 0.4) is 0 Å². The second-order valence-electron chi connectivity index (χ2n) is 4.34. The van der Waals surface area contributed by atoms with E-state index in [1.54, 1.807) is 0 Å². The molecule has 1 rings (SSSR count). The molecule has 1 heterocycles. The highest BCUT2D eigenvalue weighted by molar-refractivity contribution is 5.49. The van der Waals surface area contributed by atoms with E-state index in [-0.39, 0.29) is 11.6 Å². The minimum atomic E-state index is -4.59. The third-order valence-corrected chi connectivity index (χ3v) is 2.42. The Kier molecular flexibility index (Phi) is 5.68. The number of halogens is 6. The summed E-state index contributed by atoms with van der Waals surface area (Å²) in [6.45, 7) is 1.70. The smallest absolute Gasteiger partial charge is 0.370 e. The first-order valence-corrected chi connectivity index (χ1v) is 6.25. The van der Waals surface area contributed by atoms with Crippen LogP contribution in [0, 0.1) is 0 Å². The van der Waals surface area contributed by atoms with Crippen molar-refractivity contribution in [3.8, 4) is 0 Å². The summed E-state index contributed by atoms with van der Waals surface area (Å²) in [5, 5.41) is 4.94. The quantitative estimate of drug-likeness (QED) is 0.769. The van der Waals surface area contributed by atoms with Crippen LogP contribution in [0.15, 0.2) is 12.1 Å². The van der Waals surface area contributed by atoms with E-state index in [1.165, 1.54) is 0 Å². The van der Waals surface area contributed by atoms with Gasteiger partial charge in [0, 0.05) is 13.1 Å². The monoisotopic (exact) mass is 315 g/mol. The van der Waals surface area contributed by atoms with Gasteiger partial charge in [0.15, 0.2) is 0 Å². The molecule has 0 saturated carbocycles. The molecule has 0 aromatic carbocycles. The summed E-state index contributed by atoms with van der Waals surface area (Å²) in [5.41, 5.74) is -0.967. The Morgan fingerprint density at radius 2 is 1.48 bits per heavy atom. The molecule has 0 atom stereocenters. The zero-order valence-corrected chi connectivity index (χ0v) is 11.2. The Morgan fingerprint density at radius 1 is 0.952 bits per heavy atom. The van der Waals surface area contributed by atoms with Crippen molar-refractivity contribution >= 4 is 11.6 Å². The van der Waals surface area contributed by atoms with Gasteiger partial charge >= 0.3 is 12.4 Å². The maximum Gasteiger partial charge on any atom is 0.416 e. The highest BCUT2D eigenvalue weighted by Crippen LogP contribution is 2.32. The van der Waals surface area contributed by atoms with Gasteiger partial charge in [-0.05, 0) is 18.6 Å². The Balaban J connectivity index is 2.86. The average Bonchev–Trinajstić information content (AvgIpc) is 2.33. The first kappa shape index (κ1) is 17.4. The van der Waals surface area contributed by atoms with E-state index in [1.807, 2.05) is 6.92 Å². The molecule has 0 aliphatic carbocycles. The molecule has 0 aliphatic heterocycles. The molecule has 9 heteroatoms. The van der Waals surface area contributed by atoms with E-state index < -0.39 is 30.9 Å². The van der Waals surface area contributed by atoms with Crippen LogP contribution in [0.25, 0.3) is 0 Å². The van der Waals surface area contributed by atoms with Crippen LogP contribution in [-0.2, 0) is 6.18 Å². The third kappa shape index (κ3) is 6.54. The van der Waals surface area contributed by atoms with Crippen LogP contribution in [0.4, 0.5) is 38.0 Å². The Labute approximate surface area is 117 Å². The number of hydrogen-bond donors (Lipinski definition) is 2. The minimum Gasteiger partial charge on any atom is -0.370 e. The molecule has 0 fully saturated rings. The fraction of sp³-hybridized carbons (Fsp3) is 0.583. The van der Waals surface area contributed by atoms with Crippen molar-refractivity contribution in [3.63, 3.8) is 0 Å². The predicted octanol–water partition coefficient (Wildman–Crippen LogP) is 4.29. The van der Waals surface area contributed by atoms with Crippen LogP contribution in [0.2, 0.25) is 0 Å². The van der Waals surface area contributed by atoms with Gasteiger partial charge in [-0.25, -0.2) is 4.98 Å².